The van der Waals surface area contributed by atoms with Gasteiger partial charge in [-0.25, -0.2) is 4.79 Å². The summed E-state index contributed by atoms with van der Waals surface area (Å²) >= 11 is 0. The Bertz CT molecular complexity index is 365. The molecule has 72 valence electrons. The lowest BCUT2D eigenvalue weighted by atomic mass is 10.4. The summed E-state index contributed by atoms with van der Waals surface area (Å²) < 4.78 is 11.6. The van der Waals surface area contributed by atoms with Crippen molar-refractivity contribution in [3.05, 3.63) is 24.0 Å². The molecule has 0 radical (unpaired) electrons. The molecule has 1 aromatic heterocycles. The number of carboxylic acids is 1. The summed E-state index contributed by atoms with van der Waals surface area (Å²) in [4.78, 5) is 27.7. The molecule has 6 nitrogen and oxygen atoms in total. The maximum atomic E-state index is 10.6. The van der Waals surface area contributed by atoms with E-state index in [-0.39, 0.29) is 5.69 Å². The number of carboxylic acid groups (broad SMARTS) is 1. The van der Waals surface area contributed by atoms with Crippen LogP contribution in [0.2, 0.25) is 0 Å². The summed E-state index contributed by atoms with van der Waals surface area (Å²) in [6.45, 7) is 0. The summed E-state index contributed by atoms with van der Waals surface area (Å²) in [5.74, 6) is -1.21. The molecule has 1 aromatic rings. The van der Waals surface area contributed by atoms with Gasteiger partial charge >= 0.3 is 13.6 Å². The Morgan fingerprint density at radius 1 is 1.54 bits per heavy atom. The van der Waals surface area contributed by atoms with Crippen LogP contribution in [0.3, 0.4) is 0 Å². The summed E-state index contributed by atoms with van der Waals surface area (Å²) in [5, 5.41) is 8.58. The van der Waals surface area contributed by atoms with E-state index in [1.807, 2.05) is 0 Å². The minimum Gasteiger partial charge on any atom is -0.477 e. The highest BCUT2D eigenvalue weighted by atomic mass is 31.2. The van der Waals surface area contributed by atoms with Crippen LogP contribution in [-0.4, -0.2) is 25.4 Å². The summed E-state index contributed by atoms with van der Waals surface area (Å²) in [5.41, 5.74) is -0.136. The van der Waals surface area contributed by atoms with Gasteiger partial charge in [-0.1, -0.05) is 0 Å². The molecule has 0 unspecified atom stereocenters. The summed E-state index contributed by atoms with van der Waals surface area (Å²) in [7, 11) is -4.22. The van der Waals surface area contributed by atoms with E-state index < -0.39 is 19.9 Å². The van der Waals surface area contributed by atoms with Crippen molar-refractivity contribution in [3.63, 3.8) is 0 Å². The molecule has 0 spiro atoms. The number of aromatic nitrogens is 1. The lowest BCUT2D eigenvalue weighted by molar-refractivity contribution is 0.0686. The smallest absolute Gasteiger partial charge is 0.352 e. The maximum Gasteiger partial charge on any atom is 0.352 e. The highest BCUT2D eigenvalue weighted by Crippen LogP contribution is 2.36. The second-order valence-corrected chi connectivity index (χ2v) is 4.09. The first-order valence-electron chi connectivity index (χ1n) is 3.33. The lowest BCUT2D eigenvalue weighted by Crippen LogP contribution is -2.07. The van der Waals surface area contributed by atoms with Gasteiger partial charge in [0.2, 0.25) is 0 Å². The molecule has 0 aliphatic rings. The van der Waals surface area contributed by atoms with Crippen molar-refractivity contribution in [2.75, 3.05) is 0 Å². The van der Waals surface area contributed by atoms with E-state index in [1.165, 1.54) is 18.3 Å². The molecular formula is C6H8NO5P. The minimum absolute atomic E-state index is 0.136. The van der Waals surface area contributed by atoms with Crippen LogP contribution in [0.25, 0.3) is 0 Å². The number of rotatable bonds is 3. The Labute approximate surface area is 73.6 Å². The third-order valence-electron chi connectivity index (χ3n) is 1.39. The SMILES string of the molecule is O=C(O)c1cccn1CP(=O)(O)O. The summed E-state index contributed by atoms with van der Waals surface area (Å²) in [6, 6.07) is 2.69. The van der Waals surface area contributed by atoms with E-state index >= 15 is 0 Å². The van der Waals surface area contributed by atoms with Gasteiger partial charge in [0.15, 0.2) is 0 Å². The van der Waals surface area contributed by atoms with Gasteiger partial charge in [0, 0.05) is 6.20 Å². The average Bonchev–Trinajstić information content (AvgIpc) is 2.31. The molecule has 1 heterocycles. The molecular weight excluding hydrogens is 197 g/mol. The predicted molar refractivity (Wildman–Crippen MR) is 43.4 cm³/mol. The minimum atomic E-state index is -4.22. The molecule has 3 N–H and O–H groups in total. The van der Waals surface area contributed by atoms with Crippen molar-refractivity contribution in [2.24, 2.45) is 0 Å². The van der Waals surface area contributed by atoms with Crippen molar-refractivity contribution in [3.8, 4) is 0 Å². The third-order valence-corrected chi connectivity index (χ3v) is 2.06. The van der Waals surface area contributed by atoms with Gasteiger partial charge < -0.3 is 19.5 Å². The molecule has 7 heteroatoms. The Morgan fingerprint density at radius 2 is 2.15 bits per heavy atom. The van der Waals surface area contributed by atoms with Crippen LogP contribution in [0, 0.1) is 0 Å². The molecule has 1 rings (SSSR count). The first-order valence-corrected chi connectivity index (χ1v) is 5.13. The zero-order chi connectivity index (χ0) is 10.1. The van der Waals surface area contributed by atoms with Crippen LogP contribution >= 0.6 is 7.60 Å². The number of nitrogens with zero attached hydrogens (tertiary/aromatic N) is 1. The van der Waals surface area contributed by atoms with Crippen molar-refractivity contribution in [1.82, 2.24) is 4.57 Å². The van der Waals surface area contributed by atoms with Gasteiger partial charge in [-0.2, -0.15) is 0 Å². The van der Waals surface area contributed by atoms with Crippen LogP contribution in [-0.2, 0) is 10.9 Å². The maximum absolute atomic E-state index is 10.6. The Kier molecular flexibility index (Phi) is 2.56. The van der Waals surface area contributed by atoms with Gasteiger partial charge in [-0.05, 0) is 12.1 Å². The number of hydrogen-bond donors (Lipinski definition) is 3. The highest BCUT2D eigenvalue weighted by molar-refractivity contribution is 7.50. The van der Waals surface area contributed by atoms with Gasteiger partial charge in [0.05, 0.1) is 0 Å². The molecule has 0 fully saturated rings. The molecule has 0 amide bonds. The van der Waals surface area contributed by atoms with Crippen molar-refractivity contribution >= 4 is 13.6 Å². The van der Waals surface area contributed by atoms with E-state index in [1.54, 1.807) is 0 Å². The number of aromatic carboxylic acids is 1. The number of carbonyl (C=O) groups is 1. The largest absolute Gasteiger partial charge is 0.477 e. The second kappa shape index (κ2) is 3.33. The zero-order valence-electron chi connectivity index (χ0n) is 6.49. The molecule has 0 aromatic carbocycles. The Hall–Kier alpha value is -1.10. The zero-order valence-corrected chi connectivity index (χ0v) is 7.39. The van der Waals surface area contributed by atoms with E-state index in [4.69, 9.17) is 14.9 Å². The normalized spacial score (nSPS) is 11.5. The van der Waals surface area contributed by atoms with Crippen molar-refractivity contribution in [1.29, 1.82) is 0 Å². The fourth-order valence-electron chi connectivity index (χ4n) is 0.930. The first kappa shape index (κ1) is 9.98. The Morgan fingerprint density at radius 3 is 2.62 bits per heavy atom. The number of hydrogen-bond acceptors (Lipinski definition) is 2. The highest BCUT2D eigenvalue weighted by Gasteiger charge is 2.17. The fraction of sp³-hybridized carbons (Fsp3) is 0.167. The van der Waals surface area contributed by atoms with Crippen LogP contribution in [0.5, 0.6) is 0 Å². The molecule has 0 bridgehead atoms. The second-order valence-electron chi connectivity index (χ2n) is 2.47. The van der Waals surface area contributed by atoms with Gasteiger partial charge in [0.25, 0.3) is 0 Å². The van der Waals surface area contributed by atoms with Crippen molar-refractivity contribution in [2.45, 2.75) is 6.29 Å². The van der Waals surface area contributed by atoms with Gasteiger partial charge in [-0.15, -0.1) is 0 Å². The van der Waals surface area contributed by atoms with Gasteiger partial charge in [-0.3, -0.25) is 4.57 Å². The quantitative estimate of drug-likeness (QED) is 0.617. The topological polar surface area (TPSA) is 99.8 Å². The summed E-state index contributed by atoms with van der Waals surface area (Å²) in [6.07, 6.45) is 0.699. The molecule has 13 heavy (non-hydrogen) atoms. The van der Waals surface area contributed by atoms with E-state index in [9.17, 15) is 9.36 Å². The van der Waals surface area contributed by atoms with E-state index in [0.29, 0.717) is 0 Å². The Balaban J connectivity index is 2.96. The van der Waals surface area contributed by atoms with E-state index in [0.717, 1.165) is 4.57 Å². The molecule has 0 saturated heterocycles. The van der Waals surface area contributed by atoms with Crippen LogP contribution in [0.4, 0.5) is 0 Å². The molecule has 0 atom stereocenters. The van der Waals surface area contributed by atoms with Crippen LogP contribution in [0.1, 0.15) is 10.5 Å². The standard InChI is InChI=1S/C6H8NO5P/c8-6(9)5-2-1-3-7(5)4-13(10,11)12/h1-3H,4H2,(H,8,9)(H2,10,11,12). The van der Waals surface area contributed by atoms with Crippen molar-refractivity contribution < 1.29 is 24.3 Å². The third kappa shape index (κ3) is 2.69. The monoisotopic (exact) mass is 205 g/mol. The lowest BCUT2D eigenvalue weighted by Gasteiger charge is -2.06. The van der Waals surface area contributed by atoms with E-state index in [2.05, 4.69) is 0 Å². The molecule has 0 aliphatic carbocycles. The fourth-order valence-corrected chi connectivity index (χ4v) is 1.57. The van der Waals surface area contributed by atoms with Crippen LogP contribution in [0.15, 0.2) is 18.3 Å². The molecule has 0 aliphatic heterocycles. The first-order chi connectivity index (χ1) is 5.90. The van der Waals surface area contributed by atoms with Crippen LogP contribution < -0.4 is 0 Å². The van der Waals surface area contributed by atoms with Gasteiger partial charge in [0.1, 0.15) is 12.0 Å². The average molecular weight is 205 g/mol. The molecule has 0 saturated carbocycles. The predicted octanol–water partition coefficient (Wildman–Crippen LogP) is 0.321.